The molecule has 0 radical (unpaired) electrons. The fourth-order valence-corrected chi connectivity index (χ4v) is 2.56. The Morgan fingerprint density at radius 2 is 2.15 bits per heavy atom. The average Bonchev–Trinajstić information content (AvgIpc) is 2.96. The number of nitrogens with zero attached hydrogens (tertiary/aromatic N) is 1. The summed E-state index contributed by atoms with van der Waals surface area (Å²) in [6, 6.07) is 7.47. The molecule has 110 valence electrons. The molecule has 20 heavy (non-hydrogen) atoms. The van der Waals surface area contributed by atoms with E-state index in [1.807, 2.05) is 31.2 Å². The number of hydrogen-bond acceptors (Lipinski definition) is 5. The van der Waals surface area contributed by atoms with Gasteiger partial charge in [0.1, 0.15) is 11.8 Å². The van der Waals surface area contributed by atoms with Crippen LogP contribution in [0.3, 0.4) is 0 Å². The maximum atomic E-state index is 11.5. The van der Waals surface area contributed by atoms with Crippen LogP contribution in [0.15, 0.2) is 24.3 Å². The number of ether oxygens (including phenoxy) is 2. The van der Waals surface area contributed by atoms with Crippen LogP contribution in [-0.4, -0.2) is 38.8 Å². The van der Waals surface area contributed by atoms with E-state index < -0.39 is 6.04 Å². The fourth-order valence-electron chi connectivity index (χ4n) is 2.56. The standard InChI is InChI=1S/C15H22N2O3/c1-3-20-13-6-4-12(5-7-13)17-9-8-11(10-17)14(16)15(18)19-2/h4-7,11,14H,3,8-10,16H2,1-2H3. The summed E-state index contributed by atoms with van der Waals surface area (Å²) in [5.74, 6) is 0.691. The lowest BCUT2D eigenvalue weighted by Crippen LogP contribution is -2.40. The zero-order chi connectivity index (χ0) is 14.5. The van der Waals surface area contributed by atoms with Gasteiger partial charge in [0.15, 0.2) is 0 Å². The summed E-state index contributed by atoms with van der Waals surface area (Å²) >= 11 is 0. The van der Waals surface area contributed by atoms with E-state index in [-0.39, 0.29) is 11.9 Å². The maximum absolute atomic E-state index is 11.5. The van der Waals surface area contributed by atoms with Crippen molar-refractivity contribution < 1.29 is 14.3 Å². The van der Waals surface area contributed by atoms with Crippen LogP contribution in [0.1, 0.15) is 13.3 Å². The van der Waals surface area contributed by atoms with Crippen LogP contribution in [0.5, 0.6) is 5.75 Å². The van der Waals surface area contributed by atoms with Crippen molar-refractivity contribution >= 4 is 11.7 Å². The maximum Gasteiger partial charge on any atom is 0.322 e. The van der Waals surface area contributed by atoms with Crippen molar-refractivity contribution in [2.45, 2.75) is 19.4 Å². The predicted octanol–water partition coefficient (Wildman–Crippen LogP) is 1.41. The number of nitrogens with two attached hydrogens (primary N) is 1. The third-order valence-corrected chi connectivity index (χ3v) is 3.72. The first kappa shape index (κ1) is 14.7. The summed E-state index contributed by atoms with van der Waals surface area (Å²) in [5, 5.41) is 0. The van der Waals surface area contributed by atoms with Gasteiger partial charge in [0, 0.05) is 24.7 Å². The molecule has 2 N–H and O–H groups in total. The third kappa shape index (κ3) is 3.22. The molecule has 0 saturated carbocycles. The number of carbonyl (C=O) groups is 1. The van der Waals surface area contributed by atoms with Gasteiger partial charge >= 0.3 is 5.97 Å². The first-order valence-corrected chi connectivity index (χ1v) is 6.97. The Balaban J connectivity index is 1.96. The second kappa shape index (κ2) is 6.61. The highest BCUT2D eigenvalue weighted by Gasteiger charge is 2.32. The number of anilines is 1. The van der Waals surface area contributed by atoms with E-state index in [1.54, 1.807) is 0 Å². The van der Waals surface area contributed by atoms with Crippen molar-refractivity contribution in [3.63, 3.8) is 0 Å². The molecule has 2 rings (SSSR count). The Morgan fingerprint density at radius 1 is 1.45 bits per heavy atom. The van der Waals surface area contributed by atoms with Gasteiger partial charge in [-0.1, -0.05) is 0 Å². The molecule has 1 aromatic rings. The lowest BCUT2D eigenvalue weighted by Gasteiger charge is -2.20. The summed E-state index contributed by atoms with van der Waals surface area (Å²) in [5.41, 5.74) is 7.05. The minimum atomic E-state index is -0.535. The normalized spacial score (nSPS) is 19.8. The quantitative estimate of drug-likeness (QED) is 0.825. The molecule has 1 aliphatic rings. The van der Waals surface area contributed by atoms with Gasteiger partial charge < -0.3 is 20.1 Å². The molecule has 2 atom stereocenters. The zero-order valence-corrected chi connectivity index (χ0v) is 12.0. The highest BCUT2D eigenvalue weighted by Crippen LogP contribution is 2.27. The largest absolute Gasteiger partial charge is 0.494 e. The lowest BCUT2D eigenvalue weighted by molar-refractivity contribution is -0.143. The molecule has 1 fully saturated rings. The van der Waals surface area contributed by atoms with E-state index in [0.717, 1.165) is 30.9 Å². The summed E-state index contributed by atoms with van der Waals surface area (Å²) in [6.07, 6.45) is 0.906. The monoisotopic (exact) mass is 278 g/mol. The topological polar surface area (TPSA) is 64.8 Å². The number of hydrogen-bond donors (Lipinski definition) is 1. The van der Waals surface area contributed by atoms with Crippen molar-refractivity contribution in [3.8, 4) is 5.75 Å². The second-order valence-corrected chi connectivity index (χ2v) is 4.97. The molecule has 5 heteroatoms. The van der Waals surface area contributed by atoms with Crippen LogP contribution in [0.4, 0.5) is 5.69 Å². The Kier molecular flexibility index (Phi) is 4.84. The van der Waals surface area contributed by atoms with Crippen molar-refractivity contribution in [3.05, 3.63) is 24.3 Å². The van der Waals surface area contributed by atoms with Gasteiger partial charge in [0.05, 0.1) is 13.7 Å². The molecule has 5 nitrogen and oxygen atoms in total. The molecule has 0 amide bonds. The zero-order valence-electron chi connectivity index (χ0n) is 12.0. The summed E-state index contributed by atoms with van der Waals surface area (Å²) in [6.45, 7) is 4.32. The minimum absolute atomic E-state index is 0.147. The second-order valence-electron chi connectivity index (χ2n) is 4.97. The number of esters is 1. The van der Waals surface area contributed by atoms with Crippen LogP contribution < -0.4 is 15.4 Å². The van der Waals surface area contributed by atoms with Gasteiger partial charge in [-0.2, -0.15) is 0 Å². The molecule has 1 aromatic carbocycles. The van der Waals surface area contributed by atoms with Gasteiger partial charge in [0.2, 0.25) is 0 Å². The van der Waals surface area contributed by atoms with Crippen molar-refractivity contribution in [2.24, 2.45) is 11.7 Å². The SMILES string of the molecule is CCOc1ccc(N2CCC(C(N)C(=O)OC)C2)cc1. The average molecular weight is 278 g/mol. The van der Waals surface area contributed by atoms with E-state index in [2.05, 4.69) is 4.90 Å². The molecule has 2 unspecified atom stereocenters. The van der Waals surface area contributed by atoms with Crippen LogP contribution in [0, 0.1) is 5.92 Å². The van der Waals surface area contributed by atoms with E-state index in [9.17, 15) is 4.79 Å². The lowest BCUT2D eigenvalue weighted by atomic mass is 10.0. The highest BCUT2D eigenvalue weighted by atomic mass is 16.5. The Hall–Kier alpha value is -1.75. The van der Waals surface area contributed by atoms with Crippen molar-refractivity contribution in [1.82, 2.24) is 0 Å². The van der Waals surface area contributed by atoms with Crippen LogP contribution in [0.2, 0.25) is 0 Å². The van der Waals surface area contributed by atoms with Gasteiger partial charge in [0.25, 0.3) is 0 Å². The molecular weight excluding hydrogens is 256 g/mol. The first-order chi connectivity index (χ1) is 9.65. The first-order valence-electron chi connectivity index (χ1n) is 6.97. The van der Waals surface area contributed by atoms with Crippen LogP contribution >= 0.6 is 0 Å². The van der Waals surface area contributed by atoms with Crippen LogP contribution in [-0.2, 0) is 9.53 Å². The number of rotatable bonds is 5. The van der Waals surface area contributed by atoms with E-state index in [0.29, 0.717) is 6.61 Å². The molecule has 0 aromatic heterocycles. The van der Waals surface area contributed by atoms with Crippen LogP contribution in [0.25, 0.3) is 0 Å². The van der Waals surface area contributed by atoms with E-state index in [4.69, 9.17) is 15.2 Å². The Labute approximate surface area is 119 Å². The Morgan fingerprint density at radius 3 is 2.75 bits per heavy atom. The van der Waals surface area contributed by atoms with Crippen molar-refractivity contribution in [2.75, 3.05) is 31.7 Å². The number of carbonyl (C=O) groups excluding carboxylic acids is 1. The number of methoxy groups -OCH3 is 1. The van der Waals surface area contributed by atoms with Gasteiger partial charge in [-0.15, -0.1) is 0 Å². The van der Waals surface area contributed by atoms with Gasteiger partial charge in [-0.25, -0.2) is 0 Å². The molecular formula is C15H22N2O3. The molecule has 0 bridgehead atoms. The molecule has 0 spiro atoms. The van der Waals surface area contributed by atoms with Gasteiger partial charge in [-0.3, -0.25) is 4.79 Å². The van der Waals surface area contributed by atoms with Crippen molar-refractivity contribution in [1.29, 1.82) is 0 Å². The highest BCUT2D eigenvalue weighted by molar-refractivity contribution is 5.76. The van der Waals surface area contributed by atoms with Gasteiger partial charge in [-0.05, 0) is 37.6 Å². The molecule has 1 aliphatic heterocycles. The summed E-state index contributed by atoms with van der Waals surface area (Å²) in [4.78, 5) is 13.7. The summed E-state index contributed by atoms with van der Waals surface area (Å²) in [7, 11) is 1.38. The molecule has 1 heterocycles. The smallest absolute Gasteiger partial charge is 0.322 e. The minimum Gasteiger partial charge on any atom is -0.494 e. The van der Waals surface area contributed by atoms with E-state index >= 15 is 0 Å². The molecule has 0 aliphatic carbocycles. The fraction of sp³-hybridized carbons (Fsp3) is 0.533. The predicted molar refractivity (Wildman–Crippen MR) is 77.9 cm³/mol. The van der Waals surface area contributed by atoms with E-state index in [1.165, 1.54) is 7.11 Å². The molecule has 1 saturated heterocycles. The summed E-state index contributed by atoms with van der Waals surface area (Å²) < 4.78 is 10.1. The Bertz CT molecular complexity index is 447. The number of benzene rings is 1. The third-order valence-electron chi connectivity index (χ3n) is 3.72.